The third-order valence-electron chi connectivity index (χ3n) is 6.12. The van der Waals surface area contributed by atoms with Crippen molar-refractivity contribution in [2.24, 2.45) is 5.92 Å². The second kappa shape index (κ2) is 14.4. The third kappa shape index (κ3) is 9.64. The van der Waals surface area contributed by atoms with Gasteiger partial charge in [-0.2, -0.15) is 0 Å². The van der Waals surface area contributed by atoms with E-state index in [1.54, 1.807) is 0 Å². The molecule has 0 fully saturated rings. The zero-order valence-corrected chi connectivity index (χ0v) is 21.5. The Kier molecular flexibility index (Phi) is 12.3. The van der Waals surface area contributed by atoms with Crippen LogP contribution < -0.4 is 0 Å². The zero-order valence-electron chi connectivity index (χ0n) is 21.5. The predicted molar refractivity (Wildman–Crippen MR) is 143 cm³/mol. The first-order chi connectivity index (χ1) is 15.2. The fraction of sp³-hybridized carbons (Fsp3) is 0.387. The molecule has 0 amide bonds. The highest BCUT2D eigenvalue weighted by molar-refractivity contribution is 5.61. The first-order valence-electron chi connectivity index (χ1n) is 11.7. The molecule has 1 atom stereocenters. The highest BCUT2D eigenvalue weighted by Gasteiger charge is 2.05. The van der Waals surface area contributed by atoms with Crippen LogP contribution in [0.25, 0.3) is 0 Å². The molecule has 0 aromatic rings. The van der Waals surface area contributed by atoms with Crippen LogP contribution in [0.2, 0.25) is 0 Å². The van der Waals surface area contributed by atoms with Crippen LogP contribution in [0, 0.1) is 5.92 Å². The Morgan fingerprint density at radius 1 is 0.812 bits per heavy atom. The minimum Gasteiger partial charge on any atom is -0.303 e. The highest BCUT2D eigenvalue weighted by atomic mass is 16.1. The average Bonchev–Trinajstić information content (AvgIpc) is 2.77. The molecule has 1 aliphatic rings. The molecule has 0 saturated carbocycles. The van der Waals surface area contributed by atoms with Gasteiger partial charge in [0.15, 0.2) is 0 Å². The van der Waals surface area contributed by atoms with E-state index in [1.807, 2.05) is 6.92 Å². The van der Waals surface area contributed by atoms with Gasteiger partial charge in [-0.1, -0.05) is 96.9 Å². The lowest BCUT2D eigenvalue weighted by atomic mass is 9.96. The Hall–Kier alpha value is -2.67. The van der Waals surface area contributed by atoms with Gasteiger partial charge in [-0.15, -0.1) is 0 Å². The van der Waals surface area contributed by atoms with Gasteiger partial charge in [-0.05, 0) is 83.1 Å². The minimum atomic E-state index is -0.136. The van der Waals surface area contributed by atoms with Gasteiger partial charge in [0.05, 0.1) is 0 Å². The summed E-state index contributed by atoms with van der Waals surface area (Å²) in [6.07, 6.45) is 25.6. The van der Waals surface area contributed by atoms with E-state index in [9.17, 15) is 4.79 Å². The molecular weight excluding hydrogens is 388 g/mol. The molecule has 1 unspecified atom stereocenters. The maximum Gasteiger partial charge on any atom is 0.127 e. The summed E-state index contributed by atoms with van der Waals surface area (Å²) >= 11 is 0. The fourth-order valence-electron chi connectivity index (χ4n) is 3.32. The Morgan fingerprint density at radius 3 is 1.97 bits per heavy atom. The summed E-state index contributed by atoms with van der Waals surface area (Å²) in [6, 6.07) is 0. The summed E-state index contributed by atoms with van der Waals surface area (Å²) in [5.41, 5.74) is 10.1. The van der Waals surface area contributed by atoms with E-state index in [1.165, 1.54) is 33.4 Å². The molecule has 0 radical (unpaired) electrons. The van der Waals surface area contributed by atoms with E-state index in [-0.39, 0.29) is 5.92 Å². The van der Waals surface area contributed by atoms with Crippen molar-refractivity contribution < 1.29 is 4.79 Å². The molecule has 1 nitrogen and oxygen atoms in total. The number of carbonyl (C=O) groups is 1. The third-order valence-corrected chi connectivity index (χ3v) is 6.12. The molecule has 0 spiro atoms. The lowest BCUT2D eigenvalue weighted by Gasteiger charge is -2.08. The Morgan fingerprint density at radius 2 is 1.41 bits per heavy atom. The number of hydrogen-bond donors (Lipinski definition) is 0. The molecule has 0 aromatic heterocycles. The van der Waals surface area contributed by atoms with Gasteiger partial charge in [0, 0.05) is 5.92 Å². The summed E-state index contributed by atoms with van der Waals surface area (Å²) in [5, 5.41) is 0. The average molecular weight is 431 g/mol. The van der Waals surface area contributed by atoms with E-state index in [4.69, 9.17) is 0 Å². The molecule has 0 heterocycles. The first-order valence-corrected chi connectivity index (χ1v) is 11.7. The summed E-state index contributed by atoms with van der Waals surface area (Å²) < 4.78 is 0. The van der Waals surface area contributed by atoms with Crippen LogP contribution in [0.15, 0.2) is 105 Å². The topological polar surface area (TPSA) is 17.1 Å². The lowest BCUT2D eigenvalue weighted by molar-refractivity contribution is -0.109. The van der Waals surface area contributed by atoms with Crippen molar-refractivity contribution in [3.05, 3.63) is 105 Å². The van der Waals surface area contributed by atoms with Gasteiger partial charge in [0.2, 0.25) is 0 Å². The fourth-order valence-corrected chi connectivity index (χ4v) is 3.32. The molecule has 0 bridgehead atoms. The summed E-state index contributed by atoms with van der Waals surface area (Å²) in [7, 11) is 0. The van der Waals surface area contributed by atoms with Crippen molar-refractivity contribution in [3.8, 4) is 0 Å². The van der Waals surface area contributed by atoms with E-state index in [2.05, 4.69) is 109 Å². The predicted octanol–water partition coefficient (Wildman–Crippen LogP) is 9.11. The molecule has 0 N–H and O–H groups in total. The quantitative estimate of drug-likeness (QED) is 0.408. The zero-order chi connectivity index (χ0) is 24.1. The van der Waals surface area contributed by atoms with Gasteiger partial charge in [0.1, 0.15) is 6.29 Å². The molecular formula is C31H42O. The van der Waals surface area contributed by atoms with E-state index in [0.717, 1.165) is 36.7 Å². The van der Waals surface area contributed by atoms with Crippen LogP contribution in [0.4, 0.5) is 0 Å². The standard InChI is InChI=1S/C31H42O/c1-9-30-18-10-13-23(2)19-20-31(29(8)22-32)21-28(7)26(5)16-11-14-24(3)25(4)15-12-17-27(30)6/h10-15,18-22,29H,9,16-17H2,1-8H3/b14-11+,15-12+,18-10?,20-19+,23-13+,25-24-,28-26-,30-27?,31-21-. The largest absolute Gasteiger partial charge is 0.303 e. The molecule has 1 aliphatic carbocycles. The number of rotatable bonds is 3. The van der Waals surface area contributed by atoms with Crippen LogP contribution >= 0.6 is 0 Å². The number of allylic oxidation sites excluding steroid dienone is 18. The second-order valence-electron chi connectivity index (χ2n) is 8.87. The summed E-state index contributed by atoms with van der Waals surface area (Å²) in [5.74, 6) is -0.136. The van der Waals surface area contributed by atoms with Crippen molar-refractivity contribution in [1.29, 1.82) is 0 Å². The van der Waals surface area contributed by atoms with E-state index >= 15 is 0 Å². The minimum absolute atomic E-state index is 0.136. The van der Waals surface area contributed by atoms with Crippen LogP contribution in [-0.4, -0.2) is 6.29 Å². The van der Waals surface area contributed by atoms with Gasteiger partial charge in [0.25, 0.3) is 0 Å². The monoisotopic (exact) mass is 430 g/mol. The first kappa shape index (κ1) is 27.4. The molecule has 0 aromatic carbocycles. The van der Waals surface area contributed by atoms with E-state index < -0.39 is 0 Å². The maximum absolute atomic E-state index is 11.5. The summed E-state index contributed by atoms with van der Waals surface area (Å²) in [6.45, 7) is 17.1. The summed E-state index contributed by atoms with van der Waals surface area (Å²) in [4.78, 5) is 11.5. The molecule has 1 rings (SSSR count). The Bertz CT molecular complexity index is 933. The smallest absolute Gasteiger partial charge is 0.127 e. The number of aldehydes is 1. The lowest BCUT2D eigenvalue weighted by Crippen LogP contribution is -1.99. The molecule has 32 heavy (non-hydrogen) atoms. The number of carbonyl (C=O) groups excluding carboxylic acids is 1. The number of hydrogen-bond acceptors (Lipinski definition) is 1. The van der Waals surface area contributed by atoms with Gasteiger partial charge in [-0.3, -0.25) is 0 Å². The van der Waals surface area contributed by atoms with Gasteiger partial charge >= 0.3 is 0 Å². The van der Waals surface area contributed by atoms with Crippen molar-refractivity contribution in [2.45, 2.75) is 74.7 Å². The molecule has 1 heteroatoms. The highest BCUT2D eigenvalue weighted by Crippen LogP contribution is 2.20. The molecule has 172 valence electrons. The normalized spacial score (nSPS) is 29.4. The van der Waals surface area contributed by atoms with Crippen molar-refractivity contribution in [2.75, 3.05) is 0 Å². The van der Waals surface area contributed by atoms with Gasteiger partial charge in [-0.25, -0.2) is 0 Å². The van der Waals surface area contributed by atoms with Gasteiger partial charge < -0.3 is 4.79 Å². The van der Waals surface area contributed by atoms with Crippen molar-refractivity contribution in [1.82, 2.24) is 0 Å². The molecule has 0 aliphatic heterocycles. The Labute approximate surface area is 197 Å². The van der Waals surface area contributed by atoms with E-state index in [0.29, 0.717) is 0 Å². The van der Waals surface area contributed by atoms with Crippen LogP contribution in [0.1, 0.15) is 74.7 Å². The van der Waals surface area contributed by atoms with Crippen LogP contribution in [0.3, 0.4) is 0 Å². The van der Waals surface area contributed by atoms with Crippen LogP contribution in [-0.2, 0) is 4.79 Å². The maximum atomic E-state index is 11.5. The second-order valence-corrected chi connectivity index (χ2v) is 8.87. The van der Waals surface area contributed by atoms with Crippen molar-refractivity contribution in [3.63, 3.8) is 0 Å². The molecule has 0 saturated heterocycles. The SMILES string of the molecule is CCC1=C(C)C/C=C/C(C)=C(C)\C=C\C\C(C)=C(C)/C=C(C(C)C=O)/C=C/C(C)=C/C=C1. The van der Waals surface area contributed by atoms with Crippen molar-refractivity contribution >= 4 is 6.29 Å². The van der Waals surface area contributed by atoms with Crippen LogP contribution in [0.5, 0.6) is 0 Å². The Balaban J connectivity index is 3.50.